The van der Waals surface area contributed by atoms with Gasteiger partial charge in [-0.2, -0.15) is 0 Å². The maximum absolute atomic E-state index is 5.64. The van der Waals surface area contributed by atoms with Gasteiger partial charge in [-0.05, 0) is 24.1 Å². The minimum Gasteiger partial charge on any atom is -0.336 e. The summed E-state index contributed by atoms with van der Waals surface area (Å²) in [6, 6.07) is 6.07. The molecule has 2 rings (SSSR count). The Hall–Kier alpha value is -1.17. The Kier molecular flexibility index (Phi) is 3.61. The highest BCUT2D eigenvalue weighted by atomic mass is 79.9. The summed E-state index contributed by atoms with van der Waals surface area (Å²) in [5.74, 6) is 6.54. The van der Waals surface area contributed by atoms with E-state index in [9.17, 15) is 0 Å². The van der Waals surface area contributed by atoms with E-state index in [1.165, 1.54) is 5.56 Å². The van der Waals surface area contributed by atoms with E-state index in [2.05, 4.69) is 39.3 Å². The van der Waals surface area contributed by atoms with Gasteiger partial charge in [0.05, 0.1) is 0 Å². The minimum atomic E-state index is -0.0956. The second kappa shape index (κ2) is 5.00. The zero-order valence-corrected chi connectivity index (χ0v) is 11.4. The van der Waals surface area contributed by atoms with E-state index in [0.29, 0.717) is 0 Å². The fourth-order valence-electron chi connectivity index (χ4n) is 1.82. The topological polar surface area (TPSA) is 55.9 Å². The van der Waals surface area contributed by atoms with Crippen LogP contribution in [-0.4, -0.2) is 9.55 Å². The van der Waals surface area contributed by atoms with Crippen molar-refractivity contribution < 1.29 is 0 Å². The van der Waals surface area contributed by atoms with Crippen LogP contribution in [0.15, 0.2) is 35.1 Å². The number of aromatic nitrogens is 2. The van der Waals surface area contributed by atoms with Gasteiger partial charge < -0.3 is 4.57 Å². The Morgan fingerprint density at radius 1 is 1.47 bits per heavy atom. The van der Waals surface area contributed by atoms with Crippen molar-refractivity contribution in [2.45, 2.75) is 13.0 Å². The Bertz CT molecular complexity index is 521. The van der Waals surface area contributed by atoms with Gasteiger partial charge in [0.25, 0.3) is 0 Å². The van der Waals surface area contributed by atoms with Crippen molar-refractivity contribution in [2.75, 3.05) is 0 Å². The molecule has 0 aliphatic carbocycles. The SMILES string of the molecule is Cc1cc(C(NN)c2nccn2C)ccc1Br. The second-order valence-electron chi connectivity index (χ2n) is 4.00. The molecule has 4 nitrogen and oxygen atoms in total. The molecule has 17 heavy (non-hydrogen) atoms. The van der Waals surface area contributed by atoms with Crippen LogP contribution in [0.3, 0.4) is 0 Å². The van der Waals surface area contributed by atoms with Gasteiger partial charge in [-0.15, -0.1) is 0 Å². The third-order valence-corrected chi connectivity index (χ3v) is 3.69. The number of nitrogens with one attached hydrogen (secondary N) is 1. The largest absolute Gasteiger partial charge is 0.336 e. The van der Waals surface area contributed by atoms with Gasteiger partial charge >= 0.3 is 0 Å². The molecule has 0 amide bonds. The molecule has 0 saturated heterocycles. The van der Waals surface area contributed by atoms with Crippen LogP contribution < -0.4 is 11.3 Å². The Balaban J connectivity index is 2.42. The molecule has 3 N–H and O–H groups in total. The molecular formula is C12H15BrN4. The molecule has 1 unspecified atom stereocenters. The molecule has 2 aromatic rings. The monoisotopic (exact) mass is 294 g/mol. The Morgan fingerprint density at radius 2 is 2.24 bits per heavy atom. The molecule has 1 aromatic carbocycles. The first kappa shape index (κ1) is 12.3. The van der Waals surface area contributed by atoms with E-state index < -0.39 is 0 Å². The maximum Gasteiger partial charge on any atom is 0.131 e. The number of nitrogens with two attached hydrogens (primary N) is 1. The summed E-state index contributed by atoms with van der Waals surface area (Å²) in [4.78, 5) is 4.32. The van der Waals surface area contributed by atoms with Crippen LogP contribution in [0.2, 0.25) is 0 Å². The number of hydrazine groups is 1. The van der Waals surface area contributed by atoms with Crippen LogP contribution in [0.1, 0.15) is 23.0 Å². The highest BCUT2D eigenvalue weighted by molar-refractivity contribution is 9.10. The smallest absolute Gasteiger partial charge is 0.131 e. The van der Waals surface area contributed by atoms with Gasteiger partial charge in [0.2, 0.25) is 0 Å². The number of hydrogen-bond acceptors (Lipinski definition) is 3. The average Bonchev–Trinajstić information content (AvgIpc) is 2.71. The van der Waals surface area contributed by atoms with E-state index in [-0.39, 0.29) is 6.04 Å². The van der Waals surface area contributed by atoms with Gasteiger partial charge in [0.1, 0.15) is 11.9 Å². The van der Waals surface area contributed by atoms with Crippen LogP contribution in [0, 0.1) is 6.92 Å². The molecule has 5 heteroatoms. The highest BCUT2D eigenvalue weighted by Crippen LogP contribution is 2.24. The lowest BCUT2D eigenvalue weighted by Crippen LogP contribution is -2.30. The first-order chi connectivity index (χ1) is 8.13. The molecule has 0 aliphatic rings. The predicted octanol–water partition coefficient (Wildman–Crippen LogP) is 2.04. The van der Waals surface area contributed by atoms with E-state index >= 15 is 0 Å². The van der Waals surface area contributed by atoms with Crippen molar-refractivity contribution in [3.05, 3.63) is 52.0 Å². The fraction of sp³-hybridized carbons (Fsp3) is 0.250. The van der Waals surface area contributed by atoms with Gasteiger partial charge in [0.15, 0.2) is 0 Å². The lowest BCUT2D eigenvalue weighted by molar-refractivity contribution is 0.579. The summed E-state index contributed by atoms with van der Waals surface area (Å²) < 4.78 is 3.05. The van der Waals surface area contributed by atoms with Gasteiger partial charge in [-0.3, -0.25) is 5.84 Å². The molecule has 1 heterocycles. The number of imidazole rings is 1. The quantitative estimate of drug-likeness (QED) is 0.673. The van der Waals surface area contributed by atoms with E-state index in [4.69, 9.17) is 5.84 Å². The van der Waals surface area contributed by atoms with Crippen molar-refractivity contribution in [3.8, 4) is 0 Å². The lowest BCUT2D eigenvalue weighted by atomic mass is 10.0. The van der Waals surface area contributed by atoms with Crippen LogP contribution >= 0.6 is 15.9 Å². The Labute approximate surface area is 109 Å². The van der Waals surface area contributed by atoms with Crippen LogP contribution in [0.25, 0.3) is 0 Å². The summed E-state index contributed by atoms with van der Waals surface area (Å²) in [5, 5.41) is 0. The molecule has 0 bridgehead atoms. The van der Waals surface area contributed by atoms with Gasteiger partial charge in [-0.25, -0.2) is 10.4 Å². The van der Waals surface area contributed by atoms with Crippen molar-refractivity contribution in [1.82, 2.24) is 15.0 Å². The number of nitrogens with zero attached hydrogens (tertiary/aromatic N) is 2. The van der Waals surface area contributed by atoms with Gasteiger partial charge in [-0.1, -0.05) is 28.1 Å². The molecule has 90 valence electrons. The molecule has 1 aromatic heterocycles. The average molecular weight is 295 g/mol. The Morgan fingerprint density at radius 3 is 2.76 bits per heavy atom. The third-order valence-electron chi connectivity index (χ3n) is 2.80. The second-order valence-corrected chi connectivity index (χ2v) is 4.86. The molecule has 0 saturated carbocycles. The number of hydrogen-bond donors (Lipinski definition) is 2. The fourth-order valence-corrected chi connectivity index (χ4v) is 2.07. The maximum atomic E-state index is 5.64. The lowest BCUT2D eigenvalue weighted by Gasteiger charge is -2.17. The van der Waals surface area contributed by atoms with Crippen LogP contribution in [-0.2, 0) is 7.05 Å². The first-order valence-electron chi connectivity index (χ1n) is 5.33. The minimum absolute atomic E-state index is 0.0956. The molecule has 0 fully saturated rings. The number of benzene rings is 1. The third kappa shape index (κ3) is 2.41. The normalized spacial score (nSPS) is 12.7. The molecule has 0 radical (unpaired) electrons. The van der Waals surface area contributed by atoms with Crippen molar-refractivity contribution in [2.24, 2.45) is 12.9 Å². The summed E-state index contributed by atoms with van der Waals surface area (Å²) >= 11 is 3.49. The number of rotatable bonds is 3. The van der Waals surface area contributed by atoms with Crippen molar-refractivity contribution in [1.29, 1.82) is 0 Å². The molecule has 0 aliphatic heterocycles. The highest BCUT2D eigenvalue weighted by Gasteiger charge is 2.16. The number of halogens is 1. The zero-order chi connectivity index (χ0) is 12.4. The summed E-state index contributed by atoms with van der Waals surface area (Å²) in [5.41, 5.74) is 5.09. The van der Waals surface area contributed by atoms with Crippen LogP contribution in [0.4, 0.5) is 0 Å². The zero-order valence-electron chi connectivity index (χ0n) is 9.81. The predicted molar refractivity (Wildman–Crippen MR) is 71.3 cm³/mol. The van der Waals surface area contributed by atoms with Crippen molar-refractivity contribution in [3.63, 3.8) is 0 Å². The van der Waals surface area contributed by atoms with E-state index in [0.717, 1.165) is 15.9 Å². The van der Waals surface area contributed by atoms with Crippen molar-refractivity contribution >= 4 is 15.9 Å². The first-order valence-corrected chi connectivity index (χ1v) is 6.12. The molecule has 0 spiro atoms. The van der Waals surface area contributed by atoms with Crippen LogP contribution in [0.5, 0.6) is 0 Å². The van der Waals surface area contributed by atoms with E-state index in [1.54, 1.807) is 6.20 Å². The molecule has 1 atom stereocenters. The number of aryl methyl sites for hydroxylation is 2. The van der Waals surface area contributed by atoms with E-state index in [1.807, 2.05) is 29.9 Å². The summed E-state index contributed by atoms with van der Waals surface area (Å²) in [6.07, 6.45) is 3.68. The molecular weight excluding hydrogens is 280 g/mol. The van der Waals surface area contributed by atoms with Gasteiger partial charge in [0, 0.05) is 23.9 Å². The summed E-state index contributed by atoms with van der Waals surface area (Å²) in [7, 11) is 1.96. The standard InChI is InChI=1S/C12H15BrN4/c1-8-7-9(3-4-10(8)13)11(16-14)12-15-5-6-17(12)2/h3-7,11,16H,14H2,1-2H3. The summed E-state index contributed by atoms with van der Waals surface area (Å²) in [6.45, 7) is 2.06.